The van der Waals surface area contributed by atoms with E-state index in [0.29, 0.717) is 17.5 Å². The Kier molecular flexibility index (Phi) is 3.86. The van der Waals surface area contributed by atoms with E-state index in [0.717, 1.165) is 13.1 Å². The highest BCUT2D eigenvalue weighted by Gasteiger charge is 2.28. The third kappa shape index (κ3) is 3.84. The van der Waals surface area contributed by atoms with Crippen molar-refractivity contribution in [3.8, 4) is 5.88 Å². The highest BCUT2D eigenvalue weighted by atomic mass is 35.5. The fourth-order valence-electron chi connectivity index (χ4n) is 1.79. The molecule has 1 atom stereocenters. The summed E-state index contributed by atoms with van der Waals surface area (Å²) in [6, 6.07) is 3.51. The summed E-state index contributed by atoms with van der Waals surface area (Å²) >= 11 is 5.75. The molecular weight excluding hydrogens is 240 g/mol. The predicted molar refractivity (Wildman–Crippen MR) is 66.6 cm³/mol. The van der Waals surface area contributed by atoms with Gasteiger partial charge >= 0.3 is 0 Å². The number of nitrogens with zero attached hydrogens (tertiary/aromatic N) is 1. The van der Waals surface area contributed by atoms with Gasteiger partial charge in [0.25, 0.3) is 0 Å². The van der Waals surface area contributed by atoms with Crippen molar-refractivity contribution in [3.63, 3.8) is 0 Å². The second-order valence-electron chi connectivity index (χ2n) is 4.76. The van der Waals surface area contributed by atoms with E-state index in [-0.39, 0.29) is 11.7 Å². The third-order valence-electron chi connectivity index (χ3n) is 2.53. The van der Waals surface area contributed by atoms with Crippen LogP contribution >= 0.6 is 11.6 Å². The zero-order valence-electron chi connectivity index (χ0n) is 10.1. The topological polar surface area (TPSA) is 43.4 Å². The Balaban J connectivity index is 1.84. The van der Waals surface area contributed by atoms with Gasteiger partial charge in [0.15, 0.2) is 0 Å². The summed E-state index contributed by atoms with van der Waals surface area (Å²) in [5.74, 6) is 0.571. The van der Waals surface area contributed by atoms with Gasteiger partial charge in [0, 0.05) is 25.4 Å². The molecule has 1 fully saturated rings. The standard InChI is InChI=1S/C12H17ClN2O2/c1-12(2)8-14-6-10(17-12)7-16-11-4-3-9(13)5-15-11/h3-5,10,14H,6-8H2,1-2H3. The van der Waals surface area contributed by atoms with Crippen LogP contribution in [-0.4, -0.2) is 36.4 Å². The van der Waals surface area contributed by atoms with E-state index < -0.39 is 0 Å². The fraction of sp³-hybridized carbons (Fsp3) is 0.583. The summed E-state index contributed by atoms with van der Waals surface area (Å²) in [5, 5.41) is 3.93. The van der Waals surface area contributed by atoms with Gasteiger partial charge in [-0.3, -0.25) is 0 Å². The second kappa shape index (κ2) is 5.21. The first-order valence-corrected chi connectivity index (χ1v) is 6.06. The fourth-order valence-corrected chi connectivity index (χ4v) is 1.90. The van der Waals surface area contributed by atoms with E-state index in [1.54, 1.807) is 18.3 Å². The van der Waals surface area contributed by atoms with Gasteiger partial charge in [-0.05, 0) is 19.9 Å². The first-order chi connectivity index (χ1) is 8.05. The number of ether oxygens (including phenoxy) is 2. The Bertz CT molecular complexity index is 367. The Labute approximate surface area is 106 Å². The van der Waals surface area contributed by atoms with E-state index in [9.17, 15) is 0 Å². The molecule has 0 aliphatic carbocycles. The van der Waals surface area contributed by atoms with E-state index in [1.807, 2.05) is 0 Å². The molecule has 0 aromatic carbocycles. The van der Waals surface area contributed by atoms with E-state index in [2.05, 4.69) is 24.1 Å². The SMILES string of the molecule is CC1(C)CNCC(COc2ccc(Cl)cn2)O1. The maximum atomic E-state index is 5.88. The molecule has 2 heterocycles. The lowest BCUT2D eigenvalue weighted by atomic mass is 10.1. The van der Waals surface area contributed by atoms with E-state index in [1.165, 1.54) is 0 Å². The third-order valence-corrected chi connectivity index (χ3v) is 2.75. The summed E-state index contributed by atoms with van der Waals surface area (Å²) < 4.78 is 11.4. The molecule has 1 aliphatic rings. The highest BCUT2D eigenvalue weighted by Crippen LogP contribution is 2.17. The number of halogens is 1. The van der Waals surface area contributed by atoms with Crippen LogP contribution < -0.4 is 10.1 Å². The number of morpholine rings is 1. The minimum Gasteiger partial charge on any atom is -0.475 e. The molecule has 0 spiro atoms. The molecule has 1 unspecified atom stereocenters. The largest absolute Gasteiger partial charge is 0.475 e. The molecular formula is C12H17ClN2O2. The molecule has 4 nitrogen and oxygen atoms in total. The molecule has 1 saturated heterocycles. The highest BCUT2D eigenvalue weighted by molar-refractivity contribution is 6.30. The van der Waals surface area contributed by atoms with Gasteiger partial charge < -0.3 is 14.8 Å². The molecule has 1 aliphatic heterocycles. The lowest BCUT2D eigenvalue weighted by Crippen LogP contribution is -2.52. The molecule has 1 aromatic heterocycles. The van der Waals surface area contributed by atoms with E-state index in [4.69, 9.17) is 21.1 Å². The van der Waals surface area contributed by atoms with Gasteiger partial charge in [-0.2, -0.15) is 0 Å². The van der Waals surface area contributed by atoms with Crippen molar-refractivity contribution in [1.82, 2.24) is 10.3 Å². The Morgan fingerprint density at radius 2 is 2.41 bits per heavy atom. The van der Waals surface area contributed by atoms with Gasteiger partial charge in [0.2, 0.25) is 5.88 Å². The van der Waals surface area contributed by atoms with Crippen LogP contribution in [0.25, 0.3) is 0 Å². The second-order valence-corrected chi connectivity index (χ2v) is 5.19. The van der Waals surface area contributed by atoms with Gasteiger partial charge in [-0.1, -0.05) is 11.6 Å². The number of aromatic nitrogens is 1. The van der Waals surface area contributed by atoms with Crippen LogP contribution in [0.5, 0.6) is 5.88 Å². The number of rotatable bonds is 3. The summed E-state index contributed by atoms with van der Waals surface area (Å²) in [6.45, 7) is 6.28. The van der Waals surface area contributed by atoms with Crippen molar-refractivity contribution in [2.75, 3.05) is 19.7 Å². The number of pyridine rings is 1. The maximum absolute atomic E-state index is 5.88. The van der Waals surface area contributed by atoms with Crippen LogP contribution in [0.4, 0.5) is 0 Å². The number of hydrogen-bond donors (Lipinski definition) is 1. The minimum atomic E-state index is -0.139. The molecule has 0 radical (unpaired) electrons. The van der Waals surface area contributed by atoms with Crippen molar-refractivity contribution >= 4 is 11.6 Å². The summed E-state index contributed by atoms with van der Waals surface area (Å²) in [5.41, 5.74) is -0.139. The molecule has 17 heavy (non-hydrogen) atoms. The lowest BCUT2D eigenvalue weighted by molar-refractivity contribution is -0.107. The lowest BCUT2D eigenvalue weighted by Gasteiger charge is -2.36. The number of hydrogen-bond acceptors (Lipinski definition) is 4. The Morgan fingerprint density at radius 3 is 3.06 bits per heavy atom. The average molecular weight is 257 g/mol. The van der Waals surface area contributed by atoms with Gasteiger partial charge in [0.05, 0.1) is 10.6 Å². The van der Waals surface area contributed by atoms with Crippen LogP contribution in [0.2, 0.25) is 5.02 Å². The van der Waals surface area contributed by atoms with Crippen molar-refractivity contribution in [3.05, 3.63) is 23.4 Å². The molecule has 0 amide bonds. The Hall–Kier alpha value is -0.840. The van der Waals surface area contributed by atoms with Gasteiger partial charge in [-0.25, -0.2) is 4.98 Å². The van der Waals surface area contributed by atoms with Gasteiger partial charge in [0.1, 0.15) is 12.7 Å². The van der Waals surface area contributed by atoms with Crippen LogP contribution in [-0.2, 0) is 4.74 Å². The smallest absolute Gasteiger partial charge is 0.213 e. The molecule has 0 saturated carbocycles. The van der Waals surface area contributed by atoms with Crippen LogP contribution in [0.1, 0.15) is 13.8 Å². The van der Waals surface area contributed by atoms with Crippen LogP contribution in [0.3, 0.4) is 0 Å². The minimum absolute atomic E-state index is 0.0521. The first kappa shape index (κ1) is 12.6. The normalized spacial score (nSPS) is 23.4. The van der Waals surface area contributed by atoms with Crippen molar-refractivity contribution in [1.29, 1.82) is 0 Å². The zero-order chi connectivity index (χ0) is 12.3. The quantitative estimate of drug-likeness (QED) is 0.897. The summed E-state index contributed by atoms with van der Waals surface area (Å²) in [4.78, 5) is 4.07. The zero-order valence-corrected chi connectivity index (χ0v) is 10.8. The van der Waals surface area contributed by atoms with Crippen molar-refractivity contribution in [2.45, 2.75) is 25.6 Å². The predicted octanol–water partition coefficient (Wildman–Crippen LogP) is 1.88. The molecule has 1 N–H and O–H groups in total. The van der Waals surface area contributed by atoms with E-state index >= 15 is 0 Å². The summed E-state index contributed by atoms with van der Waals surface area (Å²) in [6.07, 6.45) is 1.62. The maximum Gasteiger partial charge on any atom is 0.213 e. The van der Waals surface area contributed by atoms with Crippen molar-refractivity contribution in [2.24, 2.45) is 0 Å². The summed E-state index contributed by atoms with van der Waals surface area (Å²) in [7, 11) is 0. The molecule has 0 bridgehead atoms. The number of nitrogens with one attached hydrogen (secondary N) is 1. The van der Waals surface area contributed by atoms with Crippen molar-refractivity contribution < 1.29 is 9.47 Å². The molecule has 2 rings (SSSR count). The Morgan fingerprint density at radius 1 is 1.59 bits per heavy atom. The first-order valence-electron chi connectivity index (χ1n) is 5.68. The van der Waals surface area contributed by atoms with Crippen LogP contribution in [0, 0.1) is 0 Å². The monoisotopic (exact) mass is 256 g/mol. The molecule has 1 aromatic rings. The van der Waals surface area contributed by atoms with Crippen LogP contribution in [0.15, 0.2) is 18.3 Å². The average Bonchev–Trinajstić information content (AvgIpc) is 2.27. The molecule has 94 valence electrons. The van der Waals surface area contributed by atoms with Gasteiger partial charge in [-0.15, -0.1) is 0 Å². The molecule has 5 heteroatoms.